The monoisotopic (exact) mass is 287 g/mol. The molecule has 0 aromatic heterocycles. The molecule has 2 aromatic carbocycles. The maximum absolute atomic E-state index is 13.2. The van der Waals surface area contributed by atoms with Gasteiger partial charge >= 0.3 is 5.97 Å². The number of carbonyl (C=O) groups is 1. The van der Waals surface area contributed by atoms with Crippen molar-refractivity contribution < 1.29 is 14.3 Å². The minimum atomic E-state index is -0.959. The first-order valence-electron chi connectivity index (χ1n) is 5.75. The maximum atomic E-state index is 13.2. The van der Waals surface area contributed by atoms with Crippen LogP contribution >= 0.6 is 11.8 Å². The number of rotatable bonds is 4. The molecule has 0 saturated carbocycles. The van der Waals surface area contributed by atoms with E-state index in [1.165, 1.54) is 36.0 Å². The van der Waals surface area contributed by atoms with Crippen LogP contribution in [-0.4, -0.2) is 11.1 Å². The summed E-state index contributed by atoms with van der Waals surface area (Å²) >= 11 is 1.49. The van der Waals surface area contributed by atoms with Crippen LogP contribution in [0.4, 0.5) is 4.39 Å². The van der Waals surface area contributed by atoms with Crippen LogP contribution in [0, 0.1) is 17.1 Å². The third-order valence-corrected chi connectivity index (χ3v) is 3.74. The first kappa shape index (κ1) is 14.1. The minimum absolute atomic E-state index is 0.0318. The molecule has 1 N–H and O–H groups in total. The summed E-state index contributed by atoms with van der Waals surface area (Å²) in [4.78, 5) is 11.6. The van der Waals surface area contributed by atoms with Crippen LogP contribution < -0.4 is 0 Å². The number of thioether (sulfide) groups is 1. The standard InChI is InChI=1S/C15H10FNO2S/c16-14-6-1-10(7-12(14)8-17)9-20-13-4-2-11(3-5-13)15(18)19/h1-7H,9H2,(H,18,19). The van der Waals surface area contributed by atoms with Gasteiger partial charge in [-0.2, -0.15) is 5.26 Å². The van der Waals surface area contributed by atoms with E-state index in [0.717, 1.165) is 10.5 Å². The molecule has 0 bridgehead atoms. The highest BCUT2D eigenvalue weighted by Crippen LogP contribution is 2.24. The highest BCUT2D eigenvalue weighted by atomic mass is 32.2. The van der Waals surface area contributed by atoms with Crippen LogP contribution in [-0.2, 0) is 5.75 Å². The fraction of sp³-hybridized carbons (Fsp3) is 0.0667. The zero-order chi connectivity index (χ0) is 14.5. The van der Waals surface area contributed by atoms with Crippen molar-refractivity contribution in [3.63, 3.8) is 0 Å². The summed E-state index contributed by atoms with van der Waals surface area (Å²) in [5.74, 6) is -0.896. The van der Waals surface area contributed by atoms with E-state index in [4.69, 9.17) is 10.4 Å². The Kier molecular flexibility index (Phi) is 4.38. The molecule has 5 heteroatoms. The molecule has 0 fully saturated rings. The first-order chi connectivity index (χ1) is 9.60. The number of aromatic carboxylic acids is 1. The molecule has 0 atom stereocenters. The van der Waals surface area contributed by atoms with E-state index < -0.39 is 11.8 Å². The summed E-state index contributed by atoms with van der Waals surface area (Å²) in [7, 11) is 0. The van der Waals surface area contributed by atoms with Gasteiger partial charge in [0.25, 0.3) is 0 Å². The summed E-state index contributed by atoms with van der Waals surface area (Å²) in [6.07, 6.45) is 0. The topological polar surface area (TPSA) is 61.1 Å². The Balaban J connectivity index is 2.05. The first-order valence-corrected chi connectivity index (χ1v) is 6.73. The van der Waals surface area contributed by atoms with Crippen LogP contribution in [0.1, 0.15) is 21.5 Å². The highest BCUT2D eigenvalue weighted by Gasteiger charge is 2.05. The molecule has 0 saturated heterocycles. The minimum Gasteiger partial charge on any atom is -0.478 e. The van der Waals surface area contributed by atoms with Crippen LogP contribution in [0.5, 0.6) is 0 Å². The Hall–Kier alpha value is -2.32. The van der Waals surface area contributed by atoms with Crippen LogP contribution in [0.15, 0.2) is 47.4 Å². The largest absolute Gasteiger partial charge is 0.478 e. The van der Waals surface area contributed by atoms with E-state index in [2.05, 4.69) is 0 Å². The number of nitriles is 1. The van der Waals surface area contributed by atoms with Crippen molar-refractivity contribution in [2.45, 2.75) is 10.6 Å². The van der Waals surface area contributed by atoms with Crippen molar-refractivity contribution in [2.24, 2.45) is 0 Å². The predicted molar refractivity (Wildman–Crippen MR) is 74.1 cm³/mol. The second-order valence-electron chi connectivity index (χ2n) is 4.04. The Bertz CT molecular complexity index is 677. The number of hydrogen-bond acceptors (Lipinski definition) is 3. The van der Waals surface area contributed by atoms with Crippen molar-refractivity contribution in [3.8, 4) is 6.07 Å². The Morgan fingerprint density at radius 3 is 2.55 bits per heavy atom. The van der Waals surface area contributed by atoms with Gasteiger partial charge in [-0.05, 0) is 42.0 Å². The molecule has 0 unspecified atom stereocenters. The Morgan fingerprint density at radius 1 is 1.25 bits per heavy atom. The molecule has 2 aromatic rings. The van der Waals surface area contributed by atoms with Gasteiger partial charge in [-0.3, -0.25) is 0 Å². The second-order valence-corrected chi connectivity index (χ2v) is 5.09. The second kappa shape index (κ2) is 6.22. The van der Waals surface area contributed by atoms with E-state index >= 15 is 0 Å². The van der Waals surface area contributed by atoms with Gasteiger partial charge in [-0.1, -0.05) is 6.07 Å². The smallest absolute Gasteiger partial charge is 0.335 e. The molecular weight excluding hydrogens is 277 g/mol. The quantitative estimate of drug-likeness (QED) is 0.871. The Morgan fingerprint density at radius 2 is 1.95 bits per heavy atom. The molecule has 0 heterocycles. The molecule has 20 heavy (non-hydrogen) atoms. The van der Waals surface area contributed by atoms with E-state index in [1.54, 1.807) is 24.3 Å². The molecule has 2 rings (SSSR count). The van der Waals surface area contributed by atoms with E-state index in [0.29, 0.717) is 5.75 Å². The zero-order valence-electron chi connectivity index (χ0n) is 10.3. The summed E-state index contributed by atoms with van der Waals surface area (Å²) in [5.41, 5.74) is 1.11. The number of hydrogen-bond donors (Lipinski definition) is 1. The lowest BCUT2D eigenvalue weighted by atomic mass is 10.1. The average molecular weight is 287 g/mol. The molecule has 0 aliphatic rings. The fourth-order valence-electron chi connectivity index (χ4n) is 1.61. The predicted octanol–water partition coefficient (Wildman–Crippen LogP) is 3.69. The maximum Gasteiger partial charge on any atom is 0.335 e. The molecule has 0 amide bonds. The van der Waals surface area contributed by atoms with Crippen molar-refractivity contribution in [3.05, 3.63) is 65.0 Å². The Labute approximate surface area is 119 Å². The SMILES string of the molecule is N#Cc1cc(CSc2ccc(C(=O)O)cc2)ccc1F. The highest BCUT2D eigenvalue weighted by molar-refractivity contribution is 7.98. The van der Waals surface area contributed by atoms with E-state index in [9.17, 15) is 9.18 Å². The van der Waals surface area contributed by atoms with Crippen molar-refractivity contribution >= 4 is 17.7 Å². The van der Waals surface area contributed by atoms with Gasteiger partial charge < -0.3 is 5.11 Å². The van der Waals surface area contributed by atoms with E-state index in [1.807, 2.05) is 0 Å². The molecule has 0 aliphatic heterocycles. The summed E-state index contributed by atoms with van der Waals surface area (Å²) in [6, 6.07) is 12.8. The normalized spacial score (nSPS) is 10.0. The van der Waals surface area contributed by atoms with Gasteiger partial charge in [-0.25, -0.2) is 9.18 Å². The van der Waals surface area contributed by atoms with Crippen LogP contribution in [0.2, 0.25) is 0 Å². The summed E-state index contributed by atoms with van der Waals surface area (Å²) in [5, 5.41) is 17.6. The molecule has 0 radical (unpaired) electrons. The van der Waals surface area contributed by atoms with Gasteiger partial charge in [0.05, 0.1) is 11.1 Å². The number of halogens is 1. The number of benzene rings is 2. The van der Waals surface area contributed by atoms with Crippen molar-refractivity contribution in [1.82, 2.24) is 0 Å². The summed E-state index contributed by atoms with van der Waals surface area (Å²) < 4.78 is 13.2. The lowest BCUT2D eigenvalue weighted by molar-refractivity contribution is 0.0697. The van der Waals surface area contributed by atoms with E-state index in [-0.39, 0.29) is 11.1 Å². The van der Waals surface area contributed by atoms with Crippen LogP contribution in [0.3, 0.4) is 0 Å². The molecule has 100 valence electrons. The molecule has 0 aliphatic carbocycles. The van der Waals surface area contributed by atoms with Crippen LogP contribution in [0.25, 0.3) is 0 Å². The number of carboxylic acids is 1. The third-order valence-electron chi connectivity index (χ3n) is 2.66. The molecular formula is C15H10FNO2S. The molecule has 3 nitrogen and oxygen atoms in total. The average Bonchev–Trinajstić information content (AvgIpc) is 2.46. The third kappa shape index (κ3) is 3.37. The molecule has 0 spiro atoms. The number of nitrogens with zero attached hydrogens (tertiary/aromatic N) is 1. The van der Waals surface area contributed by atoms with Gasteiger partial charge in [-0.15, -0.1) is 11.8 Å². The fourth-order valence-corrected chi connectivity index (χ4v) is 2.45. The lowest BCUT2D eigenvalue weighted by Crippen LogP contribution is -1.94. The van der Waals surface area contributed by atoms with Gasteiger partial charge in [0.1, 0.15) is 11.9 Å². The van der Waals surface area contributed by atoms with Crippen molar-refractivity contribution in [2.75, 3.05) is 0 Å². The zero-order valence-corrected chi connectivity index (χ0v) is 11.2. The van der Waals surface area contributed by atoms with Gasteiger partial charge in [0, 0.05) is 10.6 Å². The number of carboxylic acid groups (broad SMARTS) is 1. The van der Waals surface area contributed by atoms with Gasteiger partial charge in [0.2, 0.25) is 0 Å². The summed E-state index contributed by atoms with van der Waals surface area (Å²) in [6.45, 7) is 0. The lowest BCUT2D eigenvalue weighted by Gasteiger charge is -2.03. The van der Waals surface area contributed by atoms with Gasteiger partial charge in [0.15, 0.2) is 0 Å². The van der Waals surface area contributed by atoms with Crippen molar-refractivity contribution in [1.29, 1.82) is 5.26 Å².